The highest BCUT2D eigenvalue weighted by Crippen LogP contribution is 2.25. The molecule has 0 aromatic carbocycles. The zero-order valence-electron chi connectivity index (χ0n) is 3.84. The van der Waals surface area contributed by atoms with E-state index in [9.17, 15) is 4.57 Å². The van der Waals surface area contributed by atoms with Crippen LogP contribution in [0.4, 0.5) is 0 Å². The molecule has 1 atom stereocenters. The van der Waals surface area contributed by atoms with E-state index in [1.54, 1.807) is 0 Å². The van der Waals surface area contributed by atoms with Crippen LogP contribution in [-0.4, -0.2) is 20.6 Å². The Bertz CT molecular complexity index is 77.6. The molecule has 2 nitrogen and oxygen atoms in total. The minimum Gasteiger partial charge on any atom is -0.352 e. The molecule has 0 saturated heterocycles. The maximum Gasteiger partial charge on any atom is 0.218 e. The van der Waals surface area contributed by atoms with Crippen molar-refractivity contribution in [2.24, 2.45) is 0 Å². The first-order valence-corrected chi connectivity index (χ1v) is 3.21. The quantitative estimate of drug-likeness (QED) is 0.363. The van der Waals surface area contributed by atoms with Gasteiger partial charge in [0.05, 0.1) is 0 Å². The molecule has 0 aromatic rings. The molecule has 0 spiro atoms. The van der Waals surface area contributed by atoms with Gasteiger partial charge in [-0.2, -0.15) is 0 Å². The molecule has 0 aliphatic carbocycles. The van der Waals surface area contributed by atoms with Crippen molar-refractivity contribution in [1.29, 1.82) is 1.43 Å². The molecule has 0 heterocycles. The Balaban J connectivity index is 3.48. The third-order valence-corrected chi connectivity index (χ3v) is 0. The Morgan fingerprint density at radius 3 is 2.60 bits per heavy atom. The summed E-state index contributed by atoms with van der Waals surface area (Å²) in [7, 11) is 1.70. The van der Waals surface area contributed by atoms with E-state index >= 15 is 0 Å². The molecule has 0 aromatic heterocycles. The molecule has 0 saturated carbocycles. The molecule has 5 heavy (non-hydrogen) atoms. The van der Waals surface area contributed by atoms with Crippen molar-refractivity contribution in [1.82, 2.24) is 0 Å². The predicted molar refractivity (Wildman–Crippen MR) is 21.5 cm³/mol. The van der Waals surface area contributed by atoms with Crippen LogP contribution in [-0.2, 0) is 4.57 Å². The highest BCUT2D eigenvalue weighted by atomic mass is 31.2. The van der Waals surface area contributed by atoms with Crippen LogP contribution in [0.2, 0.25) is 0 Å². The fraction of sp³-hybridized carbons (Fsp3) is 1.00. The summed E-state index contributed by atoms with van der Waals surface area (Å²) < 4.78 is 15.9. The highest BCUT2D eigenvalue weighted by Gasteiger charge is 1.91. The van der Waals surface area contributed by atoms with Gasteiger partial charge >= 0.3 is 0 Å². The number of hydrogen-bond acceptors (Lipinski definition) is 2. The molecular formula is CH4BO2P. The zero-order valence-corrected chi connectivity index (χ0v) is 3.74. The van der Waals surface area contributed by atoms with Crippen molar-refractivity contribution < 1.29 is 9.46 Å². The Kier molecular flexibility index (Phi) is 0.794. The fourth-order valence-electron chi connectivity index (χ4n) is 0. The Morgan fingerprint density at radius 1 is 2.40 bits per heavy atom. The van der Waals surface area contributed by atoms with Crippen molar-refractivity contribution in [2.45, 2.75) is 0 Å². The number of hydrogen-bond donors (Lipinski definition) is 1. The van der Waals surface area contributed by atoms with Gasteiger partial charge in [-0.1, -0.05) is 0 Å². The van der Waals surface area contributed by atoms with Gasteiger partial charge in [0, 0.05) is 6.66 Å². The van der Waals surface area contributed by atoms with Crippen LogP contribution in [0, 0.1) is 0 Å². The molecule has 0 aliphatic rings. The lowest BCUT2D eigenvalue weighted by Crippen LogP contribution is -1.66. The fourth-order valence-corrected chi connectivity index (χ4v) is 0. The van der Waals surface area contributed by atoms with Crippen LogP contribution in [0.1, 0.15) is 0 Å². The van der Waals surface area contributed by atoms with Crippen LogP contribution >= 0.6 is 7.25 Å². The lowest BCUT2D eigenvalue weighted by atomic mass is 10.8. The summed E-state index contributed by atoms with van der Waals surface area (Å²) in [6, 6.07) is 0. The van der Waals surface area contributed by atoms with Gasteiger partial charge in [-0.3, -0.25) is 0 Å². The lowest BCUT2D eigenvalue weighted by molar-refractivity contribution is 0.502. The van der Waals surface area contributed by atoms with E-state index in [4.69, 9.17) is 1.43 Å². The average Bonchev–Trinajstić information content (AvgIpc) is 1.35. The average molecular weight is 90.8 g/mol. The van der Waals surface area contributed by atoms with Crippen LogP contribution < -0.4 is 0 Å². The molecule has 4 heteroatoms. The third-order valence-electron chi connectivity index (χ3n) is 0. The second-order valence-electron chi connectivity index (χ2n) is 0.909. The SMILES string of the molecule is [2H]OP([B])(C)=O. The standard InChI is InChI=1S/CH4BO2P/c1-5(2,3)4/h1H3,(H,3,4)/i/hD. The topological polar surface area (TPSA) is 37.3 Å². The van der Waals surface area contributed by atoms with Crippen molar-refractivity contribution in [3.63, 3.8) is 0 Å². The van der Waals surface area contributed by atoms with Crippen molar-refractivity contribution in [3.8, 4) is 0 Å². The third kappa shape index (κ3) is 333. The monoisotopic (exact) mass is 91.0 g/mol. The van der Waals surface area contributed by atoms with Gasteiger partial charge in [0.1, 0.15) is 7.25 Å². The van der Waals surface area contributed by atoms with E-state index in [0.717, 1.165) is 0 Å². The summed E-state index contributed by atoms with van der Waals surface area (Å²) >= 11 is 0. The summed E-state index contributed by atoms with van der Waals surface area (Å²) in [5.74, 6) is 0. The molecule has 0 aliphatic heterocycles. The summed E-state index contributed by atoms with van der Waals surface area (Å²) in [6.07, 6.45) is 0. The second kappa shape index (κ2) is 1.15. The van der Waals surface area contributed by atoms with E-state index in [2.05, 4.69) is 12.5 Å². The molecule has 0 fully saturated rings. The van der Waals surface area contributed by atoms with Crippen molar-refractivity contribution in [3.05, 3.63) is 0 Å². The normalized spacial score (nSPS) is 23.8. The van der Waals surface area contributed by atoms with E-state index in [1.807, 2.05) is 0 Å². The van der Waals surface area contributed by atoms with Crippen LogP contribution in [0.3, 0.4) is 0 Å². The van der Waals surface area contributed by atoms with Gasteiger partial charge in [-0.25, -0.2) is 0 Å². The molecule has 2 radical (unpaired) electrons. The maximum atomic E-state index is 9.95. The smallest absolute Gasteiger partial charge is 0.218 e. The van der Waals surface area contributed by atoms with Gasteiger partial charge in [0.2, 0.25) is 9.00 Å². The van der Waals surface area contributed by atoms with E-state index in [-0.39, 0.29) is 0 Å². The van der Waals surface area contributed by atoms with Crippen LogP contribution in [0.5, 0.6) is 0 Å². The summed E-state index contributed by atoms with van der Waals surface area (Å²) in [6.45, 7) is 1.17. The van der Waals surface area contributed by atoms with E-state index in [1.165, 1.54) is 6.66 Å². The first-order chi connectivity index (χ1) is 2.56. The molecule has 1 N–H and O–H groups in total. The van der Waals surface area contributed by atoms with Gasteiger partial charge in [0.15, 0.2) is 0 Å². The van der Waals surface area contributed by atoms with Gasteiger partial charge in [0.25, 0.3) is 0 Å². The van der Waals surface area contributed by atoms with Gasteiger partial charge in [-0.15, -0.1) is 0 Å². The predicted octanol–water partition coefficient (Wildman–Crippen LogP) is -0.0299. The zero-order chi connectivity index (χ0) is 5.21. The second-order valence-corrected chi connectivity index (χ2v) is 2.73. The van der Waals surface area contributed by atoms with Crippen molar-refractivity contribution >= 4 is 14.8 Å². The van der Waals surface area contributed by atoms with Crippen LogP contribution in [0.15, 0.2) is 0 Å². The Labute approximate surface area is 33.5 Å². The summed E-state index contributed by atoms with van der Waals surface area (Å²) in [5, 5.41) is 0. The van der Waals surface area contributed by atoms with Crippen LogP contribution in [0.25, 0.3) is 0 Å². The maximum absolute atomic E-state index is 9.95. The Morgan fingerprint density at radius 2 is 2.60 bits per heavy atom. The molecule has 28 valence electrons. The molecule has 1 unspecified atom stereocenters. The highest BCUT2D eigenvalue weighted by molar-refractivity contribution is 7.82. The van der Waals surface area contributed by atoms with E-state index in [0.29, 0.717) is 0 Å². The molecule has 0 rings (SSSR count). The summed E-state index contributed by atoms with van der Waals surface area (Å²) in [5.41, 5.74) is 0. The molecule has 0 amide bonds. The minimum atomic E-state index is -2.98. The Hall–Kier alpha value is 0.255. The van der Waals surface area contributed by atoms with Gasteiger partial charge < -0.3 is 9.46 Å². The molecule has 0 bridgehead atoms. The van der Waals surface area contributed by atoms with Gasteiger partial charge in [-0.05, 0) is 0 Å². The van der Waals surface area contributed by atoms with E-state index < -0.39 is 7.25 Å². The minimum absolute atomic E-state index is 1.17. The summed E-state index contributed by atoms with van der Waals surface area (Å²) in [4.78, 5) is 3.52. The first-order valence-electron chi connectivity index (χ1n) is 1.48. The number of rotatable bonds is 1. The largest absolute Gasteiger partial charge is 0.352 e. The molecular weight excluding hydrogens is 85.8 g/mol. The van der Waals surface area contributed by atoms with Crippen molar-refractivity contribution in [2.75, 3.05) is 6.66 Å². The first kappa shape index (κ1) is 3.45. The lowest BCUT2D eigenvalue weighted by Gasteiger charge is -1.86.